The van der Waals surface area contributed by atoms with Gasteiger partial charge in [0.05, 0.1) is 0 Å². The van der Waals surface area contributed by atoms with Gasteiger partial charge >= 0.3 is 0 Å². The summed E-state index contributed by atoms with van der Waals surface area (Å²) in [7, 11) is 0. The highest BCUT2D eigenvalue weighted by atomic mass is 19.1. The van der Waals surface area contributed by atoms with E-state index in [1.807, 2.05) is 18.2 Å². The molecule has 0 bridgehead atoms. The molecule has 1 saturated carbocycles. The summed E-state index contributed by atoms with van der Waals surface area (Å²) in [4.78, 5) is 0. The minimum absolute atomic E-state index is 0.168. The van der Waals surface area contributed by atoms with Gasteiger partial charge in [-0.2, -0.15) is 0 Å². The van der Waals surface area contributed by atoms with E-state index in [0.717, 1.165) is 23.8 Å². The molecule has 0 heterocycles. The topological polar surface area (TPSA) is 26.0 Å². The number of hydrogen-bond donors (Lipinski definition) is 1. The molecule has 2 aromatic rings. The Morgan fingerprint density at radius 2 is 1.67 bits per heavy atom. The van der Waals surface area contributed by atoms with Crippen LogP contribution in [0.2, 0.25) is 0 Å². The van der Waals surface area contributed by atoms with Gasteiger partial charge in [-0.1, -0.05) is 30.3 Å². The molecular formula is C13H12FN. The third kappa shape index (κ3) is 1.25. The van der Waals surface area contributed by atoms with Gasteiger partial charge in [0.1, 0.15) is 5.82 Å². The normalized spacial score (nSPS) is 18.0. The van der Waals surface area contributed by atoms with Crippen molar-refractivity contribution in [3.63, 3.8) is 0 Å². The van der Waals surface area contributed by atoms with Crippen molar-refractivity contribution >= 4 is 10.8 Å². The van der Waals surface area contributed by atoms with Gasteiger partial charge in [0.2, 0.25) is 0 Å². The van der Waals surface area contributed by atoms with E-state index >= 15 is 0 Å². The average molecular weight is 201 g/mol. The van der Waals surface area contributed by atoms with Gasteiger partial charge in [0, 0.05) is 10.9 Å². The molecule has 0 amide bonds. The van der Waals surface area contributed by atoms with Crippen LogP contribution in [-0.2, 0) is 5.54 Å². The van der Waals surface area contributed by atoms with Crippen LogP contribution in [0.5, 0.6) is 0 Å². The molecule has 2 heteroatoms. The second-order valence-electron chi connectivity index (χ2n) is 4.30. The molecule has 1 nitrogen and oxygen atoms in total. The Morgan fingerprint density at radius 1 is 1.00 bits per heavy atom. The van der Waals surface area contributed by atoms with Crippen molar-refractivity contribution < 1.29 is 4.39 Å². The molecule has 15 heavy (non-hydrogen) atoms. The molecule has 3 rings (SSSR count). The van der Waals surface area contributed by atoms with Crippen molar-refractivity contribution in [1.29, 1.82) is 0 Å². The molecular weight excluding hydrogens is 189 g/mol. The molecule has 0 spiro atoms. The van der Waals surface area contributed by atoms with Gasteiger partial charge in [-0.25, -0.2) is 4.39 Å². The Kier molecular flexibility index (Phi) is 1.65. The van der Waals surface area contributed by atoms with Crippen molar-refractivity contribution in [3.05, 3.63) is 47.8 Å². The molecule has 2 aromatic carbocycles. The maximum absolute atomic E-state index is 13.5. The number of hydrogen-bond acceptors (Lipinski definition) is 1. The second-order valence-corrected chi connectivity index (χ2v) is 4.30. The zero-order valence-electron chi connectivity index (χ0n) is 8.33. The molecule has 1 aliphatic carbocycles. The van der Waals surface area contributed by atoms with E-state index in [1.54, 1.807) is 12.1 Å². The van der Waals surface area contributed by atoms with E-state index in [1.165, 1.54) is 6.07 Å². The fourth-order valence-electron chi connectivity index (χ4n) is 2.11. The van der Waals surface area contributed by atoms with Gasteiger partial charge in [0.25, 0.3) is 0 Å². The lowest BCUT2D eigenvalue weighted by atomic mass is 9.97. The van der Waals surface area contributed by atoms with Crippen LogP contribution >= 0.6 is 0 Å². The lowest BCUT2D eigenvalue weighted by Gasteiger charge is -2.12. The van der Waals surface area contributed by atoms with Gasteiger partial charge in [-0.05, 0) is 29.9 Å². The van der Waals surface area contributed by atoms with Crippen molar-refractivity contribution in [3.8, 4) is 0 Å². The molecule has 0 aromatic heterocycles. The first-order valence-electron chi connectivity index (χ1n) is 5.17. The van der Waals surface area contributed by atoms with E-state index in [-0.39, 0.29) is 11.4 Å². The fourth-order valence-corrected chi connectivity index (χ4v) is 2.11. The summed E-state index contributed by atoms with van der Waals surface area (Å²) in [6.45, 7) is 0. The van der Waals surface area contributed by atoms with Crippen molar-refractivity contribution in [2.24, 2.45) is 5.73 Å². The number of nitrogens with two attached hydrogens (primary N) is 1. The fraction of sp³-hybridized carbons (Fsp3) is 0.231. The van der Waals surface area contributed by atoms with Crippen LogP contribution in [0.15, 0.2) is 36.4 Å². The summed E-state index contributed by atoms with van der Waals surface area (Å²) in [5.41, 5.74) is 7.04. The Morgan fingerprint density at radius 3 is 2.40 bits per heavy atom. The minimum atomic E-state index is -0.201. The molecule has 0 aliphatic heterocycles. The zero-order valence-corrected chi connectivity index (χ0v) is 8.33. The molecule has 0 radical (unpaired) electrons. The highest BCUT2D eigenvalue weighted by molar-refractivity contribution is 5.87. The number of benzene rings is 2. The van der Waals surface area contributed by atoms with E-state index in [9.17, 15) is 4.39 Å². The average Bonchev–Trinajstić information content (AvgIpc) is 2.98. The molecule has 1 fully saturated rings. The SMILES string of the molecule is NC1(c2cccc3c(F)cccc23)CC1. The molecule has 1 aliphatic rings. The van der Waals surface area contributed by atoms with Crippen LogP contribution in [0.4, 0.5) is 4.39 Å². The van der Waals surface area contributed by atoms with Gasteiger partial charge < -0.3 is 5.73 Å². The van der Waals surface area contributed by atoms with E-state index in [4.69, 9.17) is 5.73 Å². The van der Waals surface area contributed by atoms with Crippen molar-refractivity contribution in [1.82, 2.24) is 0 Å². The number of rotatable bonds is 1. The van der Waals surface area contributed by atoms with Crippen LogP contribution in [0.3, 0.4) is 0 Å². The van der Waals surface area contributed by atoms with Crippen molar-refractivity contribution in [2.75, 3.05) is 0 Å². The largest absolute Gasteiger partial charge is 0.321 e. The molecule has 2 N–H and O–H groups in total. The highest BCUT2D eigenvalue weighted by Gasteiger charge is 2.40. The predicted octanol–water partition coefficient (Wildman–Crippen LogP) is 2.93. The Balaban J connectivity index is 2.36. The third-order valence-electron chi connectivity index (χ3n) is 3.19. The van der Waals surface area contributed by atoms with Crippen LogP contribution in [0, 0.1) is 5.82 Å². The summed E-state index contributed by atoms with van der Waals surface area (Å²) in [6, 6.07) is 10.9. The number of halogens is 1. The Hall–Kier alpha value is -1.41. The molecule has 76 valence electrons. The summed E-state index contributed by atoms with van der Waals surface area (Å²) in [6.07, 6.45) is 2.01. The maximum atomic E-state index is 13.5. The van der Waals surface area contributed by atoms with Crippen LogP contribution in [0.1, 0.15) is 18.4 Å². The quantitative estimate of drug-likeness (QED) is 0.754. The second kappa shape index (κ2) is 2.80. The summed E-state index contributed by atoms with van der Waals surface area (Å²) < 4.78 is 13.5. The van der Waals surface area contributed by atoms with Crippen LogP contribution < -0.4 is 5.73 Å². The first-order valence-corrected chi connectivity index (χ1v) is 5.17. The third-order valence-corrected chi connectivity index (χ3v) is 3.19. The standard InChI is InChI=1S/C13H12FN/c14-12-6-2-3-9-10(12)4-1-5-11(9)13(15)7-8-13/h1-6H,7-8,15H2. The minimum Gasteiger partial charge on any atom is -0.321 e. The summed E-state index contributed by atoms with van der Waals surface area (Å²) in [5.74, 6) is -0.168. The highest BCUT2D eigenvalue weighted by Crippen LogP contribution is 2.45. The molecule has 0 saturated heterocycles. The van der Waals surface area contributed by atoms with E-state index in [0.29, 0.717) is 5.39 Å². The lowest BCUT2D eigenvalue weighted by molar-refractivity contribution is 0.639. The van der Waals surface area contributed by atoms with E-state index in [2.05, 4.69) is 0 Å². The first-order chi connectivity index (χ1) is 7.21. The number of fused-ring (bicyclic) bond motifs is 1. The molecule has 0 unspecified atom stereocenters. The molecule has 0 atom stereocenters. The van der Waals surface area contributed by atoms with Gasteiger partial charge in [0.15, 0.2) is 0 Å². The zero-order chi connectivity index (χ0) is 10.5. The Labute approximate surface area is 87.7 Å². The van der Waals surface area contributed by atoms with Gasteiger partial charge in [-0.3, -0.25) is 0 Å². The van der Waals surface area contributed by atoms with E-state index < -0.39 is 0 Å². The Bertz CT molecular complexity index is 529. The smallest absolute Gasteiger partial charge is 0.131 e. The summed E-state index contributed by atoms with van der Waals surface area (Å²) in [5, 5.41) is 1.63. The van der Waals surface area contributed by atoms with Gasteiger partial charge in [-0.15, -0.1) is 0 Å². The van der Waals surface area contributed by atoms with Crippen molar-refractivity contribution in [2.45, 2.75) is 18.4 Å². The lowest BCUT2D eigenvalue weighted by Crippen LogP contribution is -2.18. The van der Waals surface area contributed by atoms with Crippen LogP contribution in [-0.4, -0.2) is 0 Å². The monoisotopic (exact) mass is 201 g/mol. The summed E-state index contributed by atoms with van der Waals surface area (Å²) >= 11 is 0. The predicted molar refractivity (Wildman–Crippen MR) is 59.0 cm³/mol. The maximum Gasteiger partial charge on any atom is 0.131 e. The van der Waals surface area contributed by atoms with Crippen LogP contribution in [0.25, 0.3) is 10.8 Å². The first kappa shape index (κ1) is 8.86.